The molecule has 0 aromatic heterocycles. The Bertz CT molecular complexity index is 1360. The third-order valence-corrected chi connectivity index (χ3v) is 8.34. The quantitative estimate of drug-likeness (QED) is 0.231. The van der Waals surface area contributed by atoms with Crippen molar-refractivity contribution in [3.05, 3.63) is 89.5 Å². The van der Waals surface area contributed by atoms with Crippen LogP contribution in [0.5, 0.6) is 11.5 Å². The first kappa shape index (κ1) is 33.5. The molecule has 0 aliphatic carbocycles. The SMILES string of the molecule is COCCCOc1ccc([C@@H]2[C@H](O)CN(C(=O)OCc3ccccc3)C[C@@H]2OCc2ccc3c(c2)N(CCCOC)CCO3)cc1. The summed E-state index contributed by atoms with van der Waals surface area (Å²) in [6, 6.07) is 23.4. The Kier molecular flexibility index (Phi) is 12.5. The molecule has 1 fully saturated rings. The predicted octanol–water partition coefficient (Wildman–Crippen LogP) is 5.02. The van der Waals surface area contributed by atoms with Gasteiger partial charge >= 0.3 is 6.09 Å². The van der Waals surface area contributed by atoms with Gasteiger partial charge < -0.3 is 43.3 Å². The van der Waals surface area contributed by atoms with Crippen LogP contribution < -0.4 is 14.4 Å². The highest BCUT2D eigenvalue weighted by Gasteiger charge is 2.40. The van der Waals surface area contributed by atoms with E-state index in [1.165, 1.54) is 0 Å². The number of nitrogens with zero attached hydrogens (tertiary/aromatic N) is 2. The second-order valence-electron chi connectivity index (χ2n) is 11.6. The molecule has 10 nitrogen and oxygen atoms in total. The molecule has 3 aromatic rings. The molecule has 0 spiro atoms. The topological polar surface area (TPSA) is 99.2 Å². The van der Waals surface area contributed by atoms with Crippen LogP contribution in [-0.4, -0.2) is 95.1 Å². The number of aliphatic hydroxyl groups excluding tert-OH is 1. The molecule has 1 saturated heterocycles. The fraction of sp³-hybridized carbons (Fsp3) is 0.472. The molecule has 2 heterocycles. The van der Waals surface area contributed by atoms with Crippen LogP contribution in [-0.2, 0) is 32.2 Å². The van der Waals surface area contributed by atoms with Crippen LogP contribution in [0.1, 0.15) is 35.4 Å². The highest BCUT2D eigenvalue weighted by molar-refractivity contribution is 5.68. The molecule has 0 unspecified atom stereocenters. The third-order valence-electron chi connectivity index (χ3n) is 8.34. The van der Waals surface area contributed by atoms with E-state index >= 15 is 0 Å². The molecule has 2 aliphatic rings. The van der Waals surface area contributed by atoms with Crippen molar-refractivity contribution in [2.45, 2.75) is 44.2 Å². The van der Waals surface area contributed by atoms with E-state index in [-0.39, 0.29) is 25.6 Å². The lowest BCUT2D eigenvalue weighted by molar-refractivity contribution is -0.0692. The molecule has 46 heavy (non-hydrogen) atoms. The standard InChI is InChI=1S/C36H46N2O8/c1-41-18-6-16-37-17-21-44-33-15-10-28(22-31(33)37)26-45-34-24-38(36(40)46-25-27-8-4-3-5-9-27)23-32(39)35(34)29-11-13-30(14-12-29)43-20-7-19-42-2/h3-5,8-15,22,32,34-35,39H,6-7,16-21,23-26H2,1-2H3/t32-,34+,35-/m1/s1. The van der Waals surface area contributed by atoms with Crippen LogP contribution >= 0.6 is 0 Å². The first-order valence-corrected chi connectivity index (χ1v) is 16.0. The third kappa shape index (κ3) is 9.13. The first-order chi connectivity index (χ1) is 22.6. The molecule has 1 amide bonds. The molecule has 0 radical (unpaired) electrons. The van der Waals surface area contributed by atoms with Crippen molar-refractivity contribution in [1.29, 1.82) is 0 Å². The molecule has 3 atom stereocenters. The fourth-order valence-electron chi connectivity index (χ4n) is 5.97. The number of anilines is 1. The number of likely N-dealkylation sites (tertiary alicyclic amines) is 1. The molecule has 10 heteroatoms. The molecule has 0 bridgehead atoms. The number of hydrogen-bond donors (Lipinski definition) is 1. The van der Waals surface area contributed by atoms with Crippen molar-refractivity contribution in [3.63, 3.8) is 0 Å². The van der Waals surface area contributed by atoms with E-state index in [1.54, 1.807) is 19.1 Å². The lowest BCUT2D eigenvalue weighted by Crippen LogP contribution is -2.53. The Morgan fingerprint density at radius 1 is 0.891 bits per heavy atom. The van der Waals surface area contributed by atoms with Gasteiger partial charge in [0, 0.05) is 46.3 Å². The van der Waals surface area contributed by atoms with Crippen molar-refractivity contribution in [3.8, 4) is 11.5 Å². The summed E-state index contributed by atoms with van der Waals surface area (Å²) in [4.78, 5) is 17.0. The van der Waals surface area contributed by atoms with Gasteiger partial charge in [0.25, 0.3) is 0 Å². The number of piperidine rings is 1. The van der Waals surface area contributed by atoms with Crippen molar-refractivity contribution < 1.29 is 38.3 Å². The van der Waals surface area contributed by atoms with Crippen molar-refractivity contribution >= 4 is 11.8 Å². The number of amides is 1. The lowest BCUT2D eigenvalue weighted by atomic mass is 9.84. The smallest absolute Gasteiger partial charge is 0.410 e. The zero-order valence-electron chi connectivity index (χ0n) is 26.8. The molecule has 1 N–H and O–H groups in total. The number of methoxy groups -OCH3 is 2. The number of aliphatic hydroxyl groups is 1. The van der Waals surface area contributed by atoms with Crippen molar-refractivity contribution in [1.82, 2.24) is 4.90 Å². The van der Waals surface area contributed by atoms with Gasteiger partial charge in [-0.1, -0.05) is 48.5 Å². The van der Waals surface area contributed by atoms with E-state index in [0.29, 0.717) is 33.0 Å². The monoisotopic (exact) mass is 634 g/mol. The second-order valence-corrected chi connectivity index (χ2v) is 11.6. The predicted molar refractivity (Wildman–Crippen MR) is 175 cm³/mol. The molecular weight excluding hydrogens is 588 g/mol. The second kappa shape index (κ2) is 17.2. The summed E-state index contributed by atoms with van der Waals surface area (Å²) >= 11 is 0. The van der Waals surface area contributed by atoms with Gasteiger partial charge in [0.2, 0.25) is 0 Å². The molecule has 5 rings (SSSR count). The molecule has 0 saturated carbocycles. The molecule has 2 aliphatic heterocycles. The van der Waals surface area contributed by atoms with E-state index in [2.05, 4.69) is 11.0 Å². The van der Waals surface area contributed by atoms with Gasteiger partial charge in [-0.25, -0.2) is 4.79 Å². The Morgan fingerprint density at radius 2 is 1.67 bits per heavy atom. The number of carbonyl (C=O) groups excluding carboxylic acids is 1. The zero-order valence-corrected chi connectivity index (χ0v) is 26.8. The van der Waals surface area contributed by atoms with Gasteiger partial charge in [-0.05, 0) is 47.4 Å². The Hall–Kier alpha value is -3.83. The largest absolute Gasteiger partial charge is 0.494 e. The van der Waals surface area contributed by atoms with Crippen LogP contribution in [0.4, 0.5) is 10.5 Å². The number of ether oxygens (including phenoxy) is 6. The van der Waals surface area contributed by atoms with Gasteiger partial charge in [0.05, 0.1) is 50.7 Å². The summed E-state index contributed by atoms with van der Waals surface area (Å²) in [5.74, 6) is 1.25. The number of fused-ring (bicyclic) bond motifs is 1. The van der Waals surface area contributed by atoms with Crippen LogP contribution in [0.25, 0.3) is 0 Å². The number of carbonyl (C=O) groups is 1. The van der Waals surface area contributed by atoms with Crippen molar-refractivity contribution in [2.24, 2.45) is 0 Å². The number of benzene rings is 3. The zero-order chi connectivity index (χ0) is 32.1. The van der Waals surface area contributed by atoms with Crippen LogP contribution in [0.15, 0.2) is 72.8 Å². The molecule has 248 valence electrons. The van der Waals surface area contributed by atoms with Gasteiger partial charge in [0.1, 0.15) is 24.7 Å². The average molecular weight is 635 g/mol. The maximum atomic E-state index is 13.2. The van der Waals surface area contributed by atoms with E-state index in [9.17, 15) is 9.90 Å². The molecular formula is C36H46N2O8. The minimum Gasteiger partial charge on any atom is -0.494 e. The lowest BCUT2D eigenvalue weighted by Gasteiger charge is -2.41. The minimum absolute atomic E-state index is 0.139. The maximum Gasteiger partial charge on any atom is 0.410 e. The summed E-state index contributed by atoms with van der Waals surface area (Å²) < 4.78 is 34.3. The Labute approximate surface area is 271 Å². The molecule has 3 aromatic carbocycles. The summed E-state index contributed by atoms with van der Waals surface area (Å²) in [6.07, 6.45) is -0.0968. The average Bonchev–Trinajstić information content (AvgIpc) is 3.09. The van der Waals surface area contributed by atoms with Gasteiger partial charge in [0.15, 0.2) is 0 Å². The summed E-state index contributed by atoms with van der Waals surface area (Å²) in [5.41, 5.74) is 3.84. The fourth-order valence-corrected chi connectivity index (χ4v) is 5.97. The minimum atomic E-state index is -0.857. The summed E-state index contributed by atoms with van der Waals surface area (Å²) in [7, 11) is 3.39. The summed E-state index contributed by atoms with van der Waals surface area (Å²) in [6.45, 7) is 5.10. The first-order valence-electron chi connectivity index (χ1n) is 16.0. The Balaban J connectivity index is 1.30. The van der Waals surface area contributed by atoms with E-state index in [1.807, 2.05) is 66.7 Å². The van der Waals surface area contributed by atoms with E-state index < -0.39 is 18.3 Å². The van der Waals surface area contributed by atoms with Gasteiger partial charge in [-0.2, -0.15) is 0 Å². The van der Waals surface area contributed by atoms with Crippen LogP contribution in [0.3, 0.4) is 0 Å². The van der Waals surface area contributed by atoms with E-state index in [4.69, 9.17) is 28.4 Å². The number of hydrogen-bond acceptors (Lipinski definition) is 9. The van der Waals surface area contributed by atoms with Gasteiger partial charge in [-0.15, -0.1) is 0 Å². The Morgan fingerprint density at radius 3 is 2.46 bits per heavy atom. The maximum absolute atomic E-state index is 13.2. The highest BCUT2D eigenvalue weighted by atomic mass is 16.6. The van der Waals surface area contributed by atoms with Crippen molar-refractivity contribution in [2.75, 3.05) is 71.7 Å². The van der Waals surface area contributed by atoms with Crippen LogP contribution in [0, 0.1) is 0 Å². The number of β-amino-alcohol motifs (C(OH)–C–C–N with tert-alkyl or cyclic N) is 1. The van der Waals surface area contributed by atoms with E-state index in [0.717, 1.165) is 59.8 Å². The summed E-state index contributed by atoms with van der Waals surface area (Å²) in [5, 5.41) is 11.5. The van der Waals surface area contributed by atoms with Gasteiger partial charge in [-0.3, -0.25) is 0 Å². The highest BCUT2D eigenvalue weighted by Crippen LogP contribution is 2.35. The van der Waals surface area contributed by atoms with Crippen LogP contribution in [0.2, 0.25) is 0 Å². The number of rotatable bonds is 15. The normalized spacial score (nSPS) is 19.3.